The molecule has 0 saturated carbocycles. The number of nitrogens with one attached hydrogen (secondary N) is 1. The maximum atomic E-state index is 12.0. The zero-order valence-corrected chi connectivity index (χ0v) is 16.1. The third-order valence-electron chi connectivity index (χ3n) is 4.24. The fraction of sp³-hybridized carbons (Fsp3) is 0.286. The van der Waals surface area contributed by atoms with Gasteiger partial charge in [-0.2, -0.15) is 0 Å². The number of para-hydroxylation sites is 1. The number of rotatable bonds is 8. The number of fused-ring (bicyclic) bond motifs is 1. The van der Waals surface area contributed by atoms with Crippen molar-refractivity contribution >= 4 is 33.4 Å². The summed E-state index contributed by atoms with van der Waals surface area (Å²) in [6.45, 7) is 0.581. The van der Waals surface area contributed by atoms with Gasteiger partial charge >= 0.3 is 5.97 Å². The summed E-state index contributed by atoms with van der Waals surface area (Å²) < 4.78 is 5.87. The minimum absolute atomic E-state index is 0.0577. The minimum Gasteiger partial charge on any atom is -0.465 e. The maximum absolute atomic E-state index is 12.0. The first-order chi connectivity index (χ1) is 13.2. The SMILES string of the molecule is COC(=O)c1ccc(CCNC(=O)CCCc2nc3ccccc3s2)cc1. The first-order valence-corrected chi connectivity index (χ1v) is 9.76. The third-order valence-corrected chi connectivity index (χ3v) is 5.34. The van der Waals surface area contributed by atoms with Crippen LogP contribution in [-0.2, 0) is 22.4 Å². The Bertz CT molecular complexity index is 886. The largest absolute Gasteiger partial charge is 0.465 e. The molecular formula is C21H22N2O3S. The number of ether oxygens (including phenoxy) is 1. The number of thiazole rings is 1. The summed E-state index contributed by atoms with van der Waals surface area (Å²) in [5.41, 5.74) is 2.62. The highest BCUT2D eigenvalue weighted by Crippen LogP contribution is 2.22. The van der Waals surface area contributed by atoms with Crippen LogP contribution in [0.25, 0.3) is 10.2 Å². The Hall–Kier alpha value is -2.73. The Morgan fingerprint density at radius 2 is 1.85 bits per heavy atom. The second-order valence-corrected chi connectivity index (χ2v) is 7.33. The predicted octanol–water partition coefficient (Wildman–Crippen LogP) is 3.76. The summed E-state index contributed by atoms with van der Waals surface area (Å²) in [4.78, 5) is 28.0. The number of nitrogens with zero attached hydrogens (tertiary/aromatic N) is 1. The van der Waals surface area contributed by atoms with E-state index in [0.29, 0.717) is 18.5 Å². The highest BCUT2D eigenvalue weighted by Gasteiger charge is 2.07. The predicted molar refractivity (Wildman–Crippen MR) is 107 cm³/mol. The molecule has 3 rings (SSSR count). The van der Waals surface area contributed by atoms with E-state index in [-0.39, 0.29) is 11.9 Å². The maximum Gasteiger partial charge on any atom is 0.337 e. The molecule has 0 atom stereocenters. The molecule has 3 aromatic rings. The van der Waals surface area contributed by atoms with Gasteiger partial charge in [-0.1, -0.05) is 24.3 Å². The van der Waals surface area contributed by atoms with E-state index in [9.17, 15) is 9.59 Å². The van der Waals surface area contributed by atoms with E-state index >= 15 is 0 Å². The number of hydrogen-bond acceptors (Lipinski definition) is 5. The van der Waals surface area contributed by atoms with E-state index in [2.05, 4.69) is 21.1 Å². The lowest BCUT2D eigenvalue weighted by Gasteiger charge is -2.06. The van der Waals surface area contributed by atoms with Gasteiger partial charge in [-0.15, -0.1) is 11.3 Å². The third kappa shape index (κ3) is 5.37. The van der Waals surface area contributed by atoms with Crippen LogP contribution in [0.15, 0.2) is 48.5 Å². The standard InChI is InChI=1S/C21H22N2O3S/c1-26-21(25)16-11-9-15(10-12-16)13-14-22-19(24)7-4-8-20-23-17-5-2-3-6-18(17)27-20/h2-3,5-6,9-12H,4,7-8,13-14H2,1H3,(H,22,24). The molecule has 0 fully saturated rings. The van der Waals surface area contributed by atoms with Crippen molar-refractivity contribution in [3.05, 3.63) is 64.7 Å². The molecular weight excluding hydrogens is 360 g/mol. The summed E-state index contributed by atoms with van der Waals surface area (Å²) in [7, 11) is 1.36. The van der Waals surface area contributed by atoms with Crippen molar-refractivity contribution < 1.29 is 14.3 Å². The van der Waals surface area contributed by atoms with Gasteiger partial charge < -0.3 is 10.1 Å². The van der Waals surface area contributed by atoms with Crippen LogP contribution in [0.2, 0.25) is 0 Å². The number of amides is 1. The van der Waals surface area contributed by atoms with Crippen LogP contribution in [-0.4, -0.2) is 30.5 Å². The lowest BCUT2D eigenvalue weighted by Crippen LogP contribution is -2.25. The minimum atomic E-state index is -0.344. The molecule has 0 bridgehead atoms. The van der Waals surface area contributed by atoms with Gasteiger partial charge in [0.15, 0.2) is 0 Å². The normalized spacial score (nSPS) is 10.7. The number of carbonyl (C=O) groups is 2. The summed E-state index contributed by atoms with van der Waals surface area (Å²) >= 11 is 1.69. The van der Waals surface area contributed by atoms with E-state index in [1.807, 2.05) is 30.3 Å². The fourth-order valence-corrected chi connectivity index (χ4v) is 3.80. The molecule has 27 heavy (non-hydrogen) atoms. The number of aryl methyl sites for hydroxylation is 1. The van der Waals surface area contributed by atoms with Crippen molar-refractivity contribution in [3.8, 4) is 0 Å². The Labute approximate surface area is 162 Å². The van der Waals surface area contributed by atoms with Gasteiger partial charge in [0, 0.05) is 13.0 Å². The molecule has 0 aliphatic rings. The molecule has 1 amide bonds. The first kappa shape index (κ1) is 19.0. The second kappa shape index (κ2) is 9.28. The lowest BCUT2D eigenvalue weighted by atomic mass is 10.1. The van der Waals surface area contributed by atoms with Crippen molar-refractivity contribution in [2.24, 2.45) is 0 Å². The number of aromatic nitrogens is 1. The zero-order chi connectivity index (χ0) is 19.1. The van der Waals surface area contributed by atoms with Crippen LogP contribution in [0.3, 0.4) is 0 Å². The van der Waals surface area contributed by atoms with Crippen molar-refractivity contribution in [1.82, 2.24) is 10.3 Å². The van der Waals surface area contributed by atoms with Gasteiger partial charge in [0.2, 0.25) is 5.91 Å². The number of benzene rings is 2. The number of hydrogen-bond donors (Lipinski definition) is 1. The van der Waals surface area contributed by atoms with Crippen LogP contribution in [0, 0.1) is 0 Å². The molecule has 140 valence electrons. The quantitative estimate of drug-likeness (QED) is 0.602. The molecule has 1 heterocycles. The molecule has 1 aromatic heterocycles. The van der Waals surface area contributed by atoms with Gasteiger partial charge in [-0.25, -0.2) is 9.78 Å². The van der Waals surface area contributed by atoms with E-state index in [0.717, 1.165) is 35.4 Å². The molecule has 0 unspecified atom stereocenters. The van der Waals surface area contributed by atoms with Crippen LogP contribution in [0.5, 0.6) is 0 Å². The van der Waals surface area contributed by atoms with Crippen molar-refractivity contribution in [2.45, 2.75) is 25.7 Å². The van der Waals surface area contributed by atoms with E-state index in [4.69, 9.17) is 0 Å². The van der Waals surface area contributed by atoms with Gasteiger partial charge in [0.05, 0.1) is 27.9 Å². The Morgan fingerprint density at radius 1 is 1.07 bits per heavy atom. The van der Waals surface area contributed by atoms with Crippen molar-refractivity contribution in [3.63, 3.8) is 0 Å². The summed E-state index contributed by atoms with van der Waals surface area (Å²) in [6, 6.07) is 15.3. The molecule has 5 nitrogen and oxygen atoms in total. The highest BCUT2D eigenvalue weighted by molar-refractivity contribution is 7.18. The molecule has 1 N–H and O–H groups in total. The highest BCUT2D eigenvalue weighted by atomic mass is 32.1. The van der Waals surface area contributed by atoms with Crippen LogP contribution in [0.1, 0.15) is 33.8 Å². The number of carbonyl (C=O) groups excluding carboxylic acids is 2. The van der Waals surface area contributed by atoms with Gasteiger partial charge in [-0.05, 0) is 49.1 Å². The molecule has 6 heteroatoms. The van der Waals surface area contributed by atoms with E-state index in [1.54, 1.807) is 23.5 Å². The second-order valence-electron chi connectivity index (χ2n) is 6.22. The summed E-state index contributed by atoms with van der Waals surface area (Å²) in [5, 5.41) is 4.02. The van der Waals surface area contributed by atoms with Gasteiger partial charge in [0.25, 0.3) is 0 Å². The first-order valence-electron chi connectivity index (χ1n) is 8.94. The van der Waals surface area contributed by atoms with Crippen molar-refractivity contribution in [2.75, 3.05) is 13.7 Å². The molecule has 0 spiro atoms. The molecule has 0 saturated heterocycles. The fourth-order valence-electron chi connectivity index (χ4n) is 2.79. The van der Waals surface area contributed by atoms with Crippen LogP contribution < -0.4 is 5.32 Å². The van der Waals surface area contributed by atoms with Crippen molar-refractivity contribution in [1.29, 1.82) is 0 Å². The van der Waals surface area contributed by atoms with Crippen LogP contribution >= 0.6 is 11.3 Å². The zero-order valence-electron chi connectivity index (χ0n) is 15.2. The Morgan fingerprint density at radius 3 is 2.59 bits per heavy atom. The molecule has 0 radical (unpaired) electrons. The monoisotopic (exact) mass is 382 g/mol. The summed E-state index contributed by atoms with van der Waals surface area (Å²) in [5.74, 6) is -0.287. The van der Waals surface area contributed by atoms with Gasteiger partial charge in [0.1, 0.15) is 0 Å². The van der Waals surface area contributed by atoms with E-state index < -0.39 is 0 Å². The van der Waals surface area contributed by atoms with E-state index in [1.165, 1.54) is 11.8 Å². The molecule has 0 aliphatic carbocycles. The lowest BCUT2D eigenvalue weighted by molar-refractivity contribution is -0.121. The number of esters is 1. The summed E-state index contributed by atoms with van der Waals surface area (Å²) in [6.07, 6.45) is 2.84. The average molecular weight is 382 g/mol. The van der Waals surface area contributed by atoms with Crippen LogP contribution in [0.4, 0.5) is 0 Å². The topological polar surface area (TPSA) is 68.3 Å². The molecule has 0 aliphatic heterocycles. The smallest absolute Gasteiger partial charge is 0.337 e. The molecule has 2 aromatic carbocycles. The average Bonchev–Trinajstić information content (AvgIpc) is 3.10. The number of methoxy groups -OCH3 is 1. The van der Waals surface area contributed by atoms with Gasteiger partial charge in [-0.3, -0.25) is 4.79 Å². The Kier molecular flexibility index (Phi) is 6.54. The Balaban J connectivity index is 1.36.